The SMILES string of the molecule is CN(C)[C@H]1C(c2ccccc2)=C(Cc2ccccc2)OS(=O)(=O)[C@H]1c1ccccc1. The minimum atomic E-state index is -3.88. The van der Waals surface area contributed by atoms with Crippen LogP contribution in [0.15, 0.2) is 96.8 Å². The van der Waals surface area contributed by atoms with Crippen LogP contribution in [0.3, 0.4) is 0 Å². The van der Waals surface area contributed by atoms with Gasteiger partial charge in [0.05, 0.1) is 6.04 Å². The van der Waals surface area contributed by atoms with Gasteiger partial charge in [-0.1, -0.05) is 91.0 Å². The van der Waals surface area contributed by atoms with Gasteiger partial charge in [0.25, 0.3) is 0 Å². The molecule has 0 aromatic heterocycles. The van der Waals surface area contributed by atoms with Crippen LogP contribution in [0.2, 0.25) is 0 Å². The lowest BCUT2D eigenvalue weighted by molar-refractivity contribution is 0.293. The molecule has 4 rings (SSSR count). The molecule has 0 unspecified atom stereocenters. The van der Waals surface area contributed by atoms with Crippen molar-refractivity contribution in [3.63, 3.8) is 0 Å². The maximum absolute atomic E-state index is 13.4. The van der Waals surface area contributed by atoms with Crippen LogP contribution in [-0.2, 0) is 20.7 Å². The van der Waals surface area contributed by atoms with Crippen molar-refractivity contribution in [3.8, 4) is 0 Å². The minimum absolute atomic E-state index is 0.382. The number of rotatable bonds is 5. The molecule has 0 saturated carbocycles. The Morgan fingerprint density at radius 1 is 0.800 bits per heavy atom. The van der Waals surface area contributed by atoms with E-state index in [0.717, 1.165) is 22.3 Å². The van der Waals surface area contributed by atoms with Crippen LogP contribution in [0.25, 0.3) is 5.57 Å². The van der Waals surface area contributed by atoms with Gasteiger partial charge in [-0.05, 0) is 30.8 Å². The van der Waals surface area contributed by atoms with Crippen LogP contribution < -0.4 is 0 Å². The number of hydrogen-bond acceptors (Lipinski definition) is 4. The average Bonchev–Trinajstić information content (AvgIpc) is 2.74. The van der Waals surface area contributed by atoms with Gasteiger partial charge >= 0.3 is 10.1 Å². The van der Waals surface area contributed by atoms with Gasteiger partial charge < -0.3 is 9.08 Å². The zero-order chi connectivity index (χ0) is 21.1. The van der Waals surface area contributed by atoms with Gasteiger partial charge in [-0.25, -0.2) is 0 Å². The Labute approximate surface area is 178 Å². The van der Waals surface area contributed by atoms with E-state index in [9.17, 15) is 8.42 Å². The van der Waals surface area contributed by atoms with Crippen molar-refractivity contribution in [2.45, 2.75) is 17.7 Å². The Hall–Kier alpha value is -2.89. The summed E-state index contributed by atoms with van der Waals surface area (Å²) in [5, 5.41) is -0.816. The molecule has 1 heterocycles. The molecule has 2 atom stereocenters. The van der Waals surface area contributed by atoms with Gasteiger partial charge in [0.2, 0.25) is 0 Å². The number of likely N-dealkylation sites (N-methyl/N-ethyl adjacent to an activating group) is 1. The van der Waals surface area contributed by atoms with Crippen LogP contribution >= 0.6 is 0 Å². The molecule has 0 aliphatic carbocycles. The predicted molar refractivity (Wildman–Crippen MR) is 120 cm³/mol. The van der Waals surface area contributed by atoms with E-state index >= 15 is 0 Å². The molecule has 154 valence electrons. The predicted octanol–water partition coefficient (Wildman–Crippen LogP) is 4.67. The van der Waals surface area contributed by atoms with Crippen molar-refractivity contribution in [2.24, 2.45) is 0 Å². The largest absolute Gasteiger partial charge is 0.386 e. The molecule has 0 bridgehead atoms. The van der Waals surface area contributed by atoms with E-state index in [1.54, 1.807) is 0 Å². The molecule has 0 amide bonds. The average molecular weight is 420 g/mol. The van der Waals surface area contributed by atoms with Gasteiger partial charge in [-0.3, -0.25) is 0 Å². The lowest BCUT2D eigenvalue weighted by Crippen LogP contribution is -2.43. The summed E-state index contributed by atoms with van der Waals surface area (Å²) in [5.41, 5.74) is 3.61. The normalized spacial score (nSPS) is 20.8. The lowest BCUT2D eigenvalue weighted by Gasteiger charge is -2.39. The molecule has 0 spiro atoms. The van der Waals surface area contributed by atoms with E-state index in [-0.39, 0.29) is 6.04 Å². The monoisotopic (exact) mass is 419 g/mol. The Morgan fingerprint density at radius 3 is 1.90 bits per heavy atom. The molecule has 3 aromatic carbocycles. The van der Waals surface area contributed by atoms with E-state index < -0.39 is 15.4 Å². The zero-order valence-corrected chi connectivity index (χ0v) is 17.9. The Morgan fingerprint density at radius 2 is 1.33 bits per heavy atom. The number of benzene rings is 3. The second-order valence-corrected chi connectivity index (χ2v) is 9.34. The van der Waals surface area contributed by atoms with Gasteiger partial charge in [0.15, 0.2) is 0 Å². The third-order valence-electron chi connectivity index (χ3n) is 5.39. The van der Waals surface area contributed by atoms with Gasteiger partial charge in [0, 0.05) is 12.0 Å². The highest BCUT2D eigenvalue weighted by atomic mass is 32.2. The van der Waals surface area contributed by atoms with Crippen molar-refractivity contribution in [2.75, 3.05) is 14.1 Å². The summed E-state index contributed by atoms with van der Waals surface area (Å²) in [5.74, 6) is 0.485. The molecule has 30 heavy (non-hydrogen) atoms. The van der Waals surface area contributed by atoms with Crippen molar-refractivity contribution >= 4 is 15.7 Å². The van der Waals surface area contributed by atoms with Gasteiger partial charge in [-0.2, -0.15) is 8.42 Å². The van der Waals surface area contributed by atoms with Crippen molar-refractivity contribution < 1.29 is 12.6 Å². The van der Waals surface area contributed by atoms with Crippen molar-refractivity contribution in [1.82, 2.24) is 4.90 Å². The van der Waals surface area contributed by atoms with Gasteiger partial charge in [-0.15, -0.1) is 0 Å². The Kier molecular flexibility index (Phi) is 5.75. The van der Waals surface area contributed by atoms with Crippen LogP contribution in [-0.4, -0.2) is 33.5 Å². The molecule has 0 saturated heterocycles. The first-order valence-corrected chi connectivity index (χ1v) is 11.4. The summed E-state index contributed by atoms with van der Waals surface area (Å²) in [6, 6.07) is 28.7. The highest BCUT2D eigenvalue weighted by Crippen LogP contribution is 2.44. The van der Waals surface area contributed by atoms with E-state index in [1.165, 1.54) is 0 Å². The molecule has 3 aromatic rings. The van der Waals surface area contributed by atoms with Crippen LogP contribution in [0.4, 0.5) is 0 Å². The smallest absolute Gasteiger partial charge is 0.317 e. The zero-order valence-electron chi connectivity index (χ0n) is 17.1. The molecular formula is C25H25NO3S. The quantitative estimate of drug-likeness (QED) is 0.564. The molecule has 1 aliphatic rings. The summed E-state index contributed by atoms with van der Waals surface area (Å²) in [6.07, 6.45) is 0.413. The third kappa shape index (κ3) is 4.04. The van der Waals surface area contributed by atoms with Gasteiger partial charge in [0.1, 0.15) is 11.0 Å². The minimum Gasteiger partial charge on any atom is -0.386 e. The standard InChI is InChI=1S/C25H25NO3S/c1-26(2)24-23(20-14-8-4-9-15-20)22(18-19-12-6-3-7-13-19)29-30(27,28)25(24)21-16-10-5-11-17-21/h3-17,24-25H,18H2,1-2H3/t24-,25-/m0/s1. The molecule has 0 radical (unpaired) electrons. The summed E-state index contributed by atoms with van der Waals surface area (Å²) in [6.45, 7) is 0. The Balaban J connectivity index is 1.94. The van der Waals surface area contributed by atoms with Crippen LogP contribution in [0, 0.1) is 0 Å². The molecule has 0 N–H and O–H groups in total. The fourth-order valence-corrected chi connectivity index (χ4v) is 5.81. The fraction of sp³-hybridized carbons (Fsp3) is 0.200. The first-order chi connectivity index (χ1) is 14.5. The Bertz CT molecular complexity index is 1120. The summed E-state index contributed by atoms with van der Waals surface area (Å²) in [4.78, 5) is 1.98. The summed E-state index contributed by atoms with van der Waals surface area (Å²) >= 11 is 0. The molecular weight excluding hydrogens is 394 g/mol. The maximum atomic E-state index is 13.4. The molecule has 5 heteroatoms. The first-order valence-electron chi connectivity index (χ1n) is 9.94. The van der Waals surface area contributed by atoms with Crippen LogP contribution in [0.5, 0.6) is 0 Å². The van der Waals surface area contributed by atoms with E-state index in [0.29, 0.717) is 12.2 Å². The highest BCUT2D eigenvalue weighted by Gasteiger charge is 2.46. The highest BCUT2D eigenvalue weighted by molar-refractivity contribution is 7.87. The van der Waals surface area contributed by atoms with Crippen molar-refractivity contribution in [1.29, 1.82) is 0 Å². The second kappa shape index (κ2) is 8.46. The van der Waals surface area contributed by atoms with Crippen LogP contribution in [0.1, 0.15) is 21.9 Å². The maximum Gasteiger partial charge on any atom is 0.317 e. The topological polar surface area (TPSA) is 46.6 Å². The summed E-state index contributed by atoms with van der Waals surface area (Å²) < 4.78 is 32.6. The number of hydrogen-bond donors (Lipinski definition) is 0. The second-order valence-electron chi connectivity index (χ2n) is 7.68. The number of nitrogens with zero attached hydrogens (tertiary/aromatic N) is 1. The van der Waals surface area contributed by atoms with E-state index in [4.69, 9.17) is 4.18 Å². The fourth-order valence-electron chi connectivity index (χ4n) is 4.09. The summed E-state index contributed by atoms with van der Waals surface area (Å²) in [7, 11) is -0.0382. The van der Waals surface area contributed by atoms with Crippen molar-refractivity contribution in [3.05, 3.63) is 113 Å². The van der Waals surface area contributed by atoms with E-state index in [1.807, 2.05) is 110 Å². The molecule has 1 aliphatic heterocycles. The third-order valence-corrected chi connectivity index (χ3v) is 6.97. The first kappa shape index (κ1) is 20.4. The molecule has 0 fully saturated rings. The van der Waals surface area contributed by atoms with E-state index in [2.05, 4.69) is 0 Å². The lowest BCUT2D eigenvalue weighted by atomic mass is 9.89. The molecule has 4 nitrogen and oxygen atoms in total. The number of allylic oxidation sites excluding steroid dienone is 1.